The Kier molecular flexibility index (Phi) is 15.8. The highest BCUT2D eigenvalue weighted by Crippen LogP contribution is 2.32. The number of rotatable bonds is 21. The second-order valence-electron chi connectivity index (χ2n) is 15.0. The maximum absolute atomic E-state index is 14.5. The number of aromatic nitrogens is 2. The third kappa shape index (κ3) is 12.0. The van der Waals surface area contributed by atoms with E-state index in [1.807, 2.05) is 13.0 Å². The average Bonchev–Trinajstić information content (AvgIpc) is 3.22. The minimum atomic E-state index is -4.55. The highest BCUT2D eigenvalue weighted by Gasteiger charge is 2.29. The van der Waals surface area contributed by atoms with E-state index in [2.05, 4.69) is 31.8 Å². The van der Waals surface area contributed by atoms with Gasteiger partial charge in [-0.15, -0.1) is 0 Å². The van der Waals surface area contributed by atoms with Crippen LogP contribution in [0.2, 0.25) is 0 Å². The molecule has 0 unspecified atom stereocenters. The molecule has 0 bridgehead atoms. The molecule has 1 aromatic heterocycles. The lowest BCUT2D eigenvalue weighted by molar-refractivity contribution is -0.384. The third-order valence-corrected chi connectivity index (χ3v) is 12.7. The summed E-state index contributed by atoms with van der Waals surface area (Å²) >= 11 is 0. The zero-order chi connectivity index (χ0) is 44.3. The van der Waals surface area contributed by atoms with Gasteiger partial charge in [0.1, 0.15) is 5.75 Å². The number of amides is 2. The van der Waals surface area contributed by atoms with Crippen LogP contribution in [-0.2, 0) is 31.3 Å². The van der Waals surface area contributed by atoms with Crippen molar-refractivity contribution in [3.63, 3.8) is 0 Å². The highest BCUT2D eigenvalue weighted by molar-refractivity contribution is 7.90. The van der Waals surface area contributed by atoms with Crippen molar-refractivity contribution in [3.05, 3.63) is 92.0 Å². The van der Waals surface area contributed by atoms with Crippen LogP contribution in [0.1, 0.15) is 106 Å². The van der Waals surface area contributed by atoms with Gasteiger partial charge in [0, 0.05) is 36.5 Å². The van der Waals surface area contributed by atoms with Gasteiger partial charge in [0.05, 0.1) is 46.3 Å². The number of methoxy groups -OCH3 is 1. The van der Waals surface area contributed by atoms with Crippen molar-refractivity contribution in [3.8, 4) is 5.75 Å². The van der Waals surface area contributed by atoms with Crippen molar-refractivity contribution < 1.29 is 36.1 Å². The Morgan fingerprint density at radius 1 is 0.918 bits per heavy atom. The molecule has 4 aromatic rings. The Hall–Kier alpha value is -5.69. The Bertz CT molecular complexity index is 2590. The van der Waals surface area contributed by atoms with Gasteiger partial charge in [-0.25, -0.2) is 31.5 Å². The topological polar surface area (TPSA) is 229 Å². The van der Waals surface area contributed by atoms with E-state index in [1.165, 1.54) is 51.0 Å². The summed E-state index contributed by atoms with van der Waals surface area (Å²) in [5.41, 5.74) is -0.600. The number of sulfonamides is 1. The van der Waals surface area contributed by atoms with Crippen molar-refractivity contribution in [2.75, 3.05) is 42.4 Å². The van der Waals surface area contributed by atoms with Gasteiger partial charge in [-0.2, -0.15) is 3.97 Å². The number of ether oxygens (including phenoxy) is 1. The van der Waals surface area contributed by atoms with E-state index < -0.39 is 59.6 Å². The van der Waals surface area contributed by atoms with Gasteiger partial charge >= 0.3 is 0 Å². The van der Waals surface area contributed by atoms with E-state index >= 15 is 0 Å². The van der Waals surface area contributed by atoms with E-state index in [-0.39, 0.29) is 43.3 Å². The lowest BCUT2D eigenvalue weighted by Crippen LogP contribution is -2.37. The number of nitro benzene ring substituents is 1. The number of carbonyl (C=O) groups is 2. The number of hydrogen-bond acceptors (Lipinski definition) is 13. The first-order valence-corrected chi connectivity index (χ1v) is 24.0. The normalized spacial score (nSPS) is 13.2. The molecule has 0 fully saturated rings. The van der Waals surface area contributed by atoms with Gasteiger partial charge in [-0.1, -0.05) is 64.7 Å². The summed E-state index contributed by atoms with van der Waals surface area (Å²) in [6, 6.07) is 12.2. The summed E-state index contributed by atoms with van der Waals surface area (Å²) in [6.45, 7) is 5.81. The van der Waals surface area contributed by atoms with Crippen molar-refractivity contribution in [2.45, 2.75) is 90.9 Å². The molecule has 2 N–H and O–H groups in total. The van der Waals surface area contributed by atoms with Gasteiger partial charge in [-0.3, -0.25) is 24.5 Å². The van der Waals surface area contributed by atoms with Crippen LogP contribution in [0.15, 0.2) is 64.4 Å². The number of aryl methyl sites for hydroxylation is 1. The Morgan fingerprint density at radius 2 is 1.61 bits per heavy atom. The molecule has 61 heavy (non-hydrogen) atoms. The predicted molar refractivity (Wildman–Crippen MR) is 236 cm³/mol. The number of anilines is 2. The quantitative estimate of drug-likeness (QED) is 0.0389. The van der Waals surface area contributed by atoms with Crippen molar-refractivity contribution >= 4 is 71.2 Å². The summed E-state index contributed by atoms with van der Waals surface area (Å²) in [6.07, 6.45) is 12.4. The minimum absolute atomic E-state index is 0.0465. The van der Waals surface area contributed by atoms with Crippen LogP contribution < -0.4 is 25.2 Å². The molecule has 328 valence electrons. The Balaban J connectivity index is 1.47. The average molecular weight is 880 g/mol. The fraction of sp³-hybridized carbons (Fsp3) is 0.452. The monoisotopic (exact) mass is 879 g/mol. The van der Waals surface area contributed by atoms with E-state index in [9.17, 15) is 41.3 Å². The van der Waals surface area contributed by atoms with Crippen molar-refractivity contribution in [1.82, 2.24) is 13.7 Å². The molecule has 0 saturated heterocycles. The summed E-state index contributed by atoms with van der Waals surface area (Å²) in [5, 5.41) is 13.7. The molecule has 3 aromatic carbocycles. The maximum Gasteiger partial charge on any atom is 0.278 e. The van der Waals surface area contributed by atoms with Crippen molar-refractivity contribution in [1.29, 1.82) is 0 Å². The van der Waals surface area contributed by atoms with Gasteiger partial charge < -0.3 is 15.0 Å². The van der Waals surface area contributed by atoms with Crippen molar-refractivity contribution in [2.24, 2.45) is 4.99 Å². The highest BCUT2D eigenvalue weighted by atomic mass is 32.2. The van der Waals surface area contributed by atoms with Crippen LogP contribution >= 0.6 is 0 Å². The lowest BCUT2D eigenvalue weighted by atomic mass is 10.0. The molecule has 0 saturated carbocycles. The van der Waals surface area contributed by atoms with Crippen LogP contribution in [0.5, 0.6) is 5.75 Å². The van der Waals surface area contributed by atoms with Crippen LogP contribution in [0, 0.1) is 10.1 Å². The zero-order valence-corrected chi connectivity index (χ0v) is 36.6. The number of unbranched alkanes of at least 4 members (excludes halogenated alkanes) is 9. The maximum atomic E-state index is 14.5. The van der Waals surface area contributed by atoms with Gasteiger partial charge in [0.15, 0.2) is 11.5 Å². The third-order valence-electron chi connectivity index (χ3n) is 10.4. The molecule has 2 amide bonds. The molecule has 0 spiro atoms. The van der Waals surface area contributed by atoms with Gasteiger partial charge in [0.2, 0.25) is 20.0 Å². The molecular formula is C42H53N7O10S2. The lowest BCUT2D eigenvalue weighted by Gasteiger charge is -2.30. The molecule has 0 aliphatic carbocycles. The SMILES string of the molecule is CCCCCCCCCCCCS(=O)(=O)NC(=O)c1ccc(OC)c(NC(=O)C(=Nc2ccc3c(c2)CCCN3CC)c2nc3ccc([N+](=O)[O-])cc3c(=O)n2S(C)(=O)=O)c1. The molecule has 1 aliphatic rings. The number of non-ortho nitro benzene ring substituents is 1. The van der Waals surface area contributed by atoms with Gasteiger partial charge in [-0.05, 0) is 74.2 Å². The zero-order valence-electron chi connectivity index (χ0n) is 34.9. The number of nitrogens with zero attached hydrogens (tertiary/aromatic N) is 5. The number of carbonyl (C=O) groups excluding carboxylic acids is 2. The molecule has 1 aliphatic heterocycles. The van der Waals surface area contributed by atoms with Crippen LogP contribution in [-0.4, -0.2) is 80.4 Å². The molecule has 5 rings (SSSR count). The van der Waals surface area contributed by atoms with Crippen LogP contribution in [0.3, 0.4) is 0 Å². The molecule has 17 nitrogen and oxygen atoms in total. The Labute approximate surface area is 355 Å². The summed E-state index contributed by atoms with van der Waals surface area (Å²) in [4.78, 5) is 63.6. The minimum Gasteiger partial charge on any atom is -0.495 e. The summed E-state index contributed by atoms with van der Waals surface area (Å²) in [7, 11) is -7.26. The molecule has 19 heteroatoms. The molecule has 2 heterocycles. The number of hydrogen-bond donors (Lipinski definition) is 2. The molecule has 0 radical (unpaired) electrons. The number of nitro groups is 1. The Morgan fingerprint density at radius 3 is 2.25 bits per heavy atom. The molecular weight excluding hydrogens is 827 g/mol. The first-order chi connectivity index (χ1) is 29.1. The second-order valence-corrected chi connectivity index (χ2v) is 18.7. The smallest absolute Gasteiger partial charge is 0.278 e. The largest absolute Gasteiger partial charge is 0.495 e. The fourth-order valence-corrected chi connectivity index (χ4v) is 9.21. The number of fused-ring (bicyclic) bond motifs is 2. The first kappa shape index (κ1) is 46.4. The number of nitrogens with one attached hydrogen (secondary N) is 2. The van der Waals surface area contributed by atoms with Crippen LogP contribution in [0.25, 0.3) is 10.9 Å². The number of benzene rings is 3. The fourth-order valence-electron chi connectivity index (χ4n) is 7.28. The van der Waals surface area contributed by atoms with E-state index in [4.69, 9.17) is 4.74 Å². The van der Waals surface area contributed by atoms with Crippen LogP contribution in [0.4, 0.5) is 22.7 Å². The number of aliphatic imine (C=N–C) groups is 1. The summed E-state index contributed by atoms with van der Waals surface area (Å²) in [5.74, 6) is -2.92. The second kappa shape index (κ2) is 20.7. The van der Waals surface area contributed by atoms with E-state index in [0.717, 1.165) is 74.6 Å². The van der Waals surface area contributed by atoms with E-state index in [0.29, 0.717) is 25.5 Å². The summed E-state index contributed by atoms with van der Waals surface area (Å²) < 4.78 is 60.2. The first-order valence-electron chi connectivity index (χ1n) is 20.5. The van der Waals surface area contributed by atoms with E-state index in [1.54, 1.807) is 12.1 Å². The predicted octanol–water partition coefficient (Wildman–Crippen LogP) is 6.63. The standard InChI is InChI=1S/C42H53N7O10S2/c1-5-7-8-9-10-11-12-13-14-15-25-61(57,58)46-40(50)30-18-23-37(59-3)35(27-30)45-41(51)38(43-31-19-22-36-29(26-31)17-16-24-47(36)6-2)39-44-34-21-20-32(49(53)54)28-33(34)42(52)48(39)60(4,55)56/h18-23,26-28H,5-17,24-25H2,1-4H3,(H,45,51)(H,46,50). The molecule has 0 atom stereocenters. The van der Waals surface area contributed by atoms with Gasteiger partial charge in [0.25, 0.3) is 23.1 Å².